The minimum atomic E-state index is -0.806. The highest BCUT2D eigenvalue weighted by molar-refractivity contribution is 6.27. The Hall–Kier alpha value is -5.76. The van der Waals surface area contributed by atoms with Gasteiger partial charge in [-0.1, -0.05) is 97.1 Å². The molecule has 2 saturated heterocycles. The Kier molecular flexibility index (Phi) is 6.28. The van der Waals surface area contributed by atoms with E-state index in [9.17, 15) is 28.8 Å². The lowest BCUT2D eigenvalue weighted by Gasteiger charge is -2.44. The van der Waals surface area contributed by atoms with E-state index in [-0.39, 0.29) is 22.9 Å². The molecule has 0 N–H and O–H groups in total. The fraction of sp³-hybridized carbons (Fsp3) is 0.158. The van der Waals surface area contributed by atoms with E-state index < -0.39 is 59.1 Å². The second-order valence-electron chi connectivity index (χ2n) is 12.2. The van der Waals surface area contributed by atoms with Crippen LogP contribution in [0.1, 0.15) is 31.8 Å². The van der Waals surface area contributed by atoms with Crippen molar-refractivity contribution in [3.8, 4) is 0 Å². The first-order valence-electron chi connectivity index (χ1n) is 15.2. The zero-order valence-corrected chi connectivity index (χ0v) is 24.4. The summed E-state index contributed by atoms with van der Waals surface area (Å²) < 4.78 is 0. The normalized spacial score (nSPS) is 26.0. The van der Waals surface area contributed by atoms with Gasteiger partial charge in [-0.15, -0.1) is 0 Å². The minimum absolute atomic E-state index is 0.235. The van der Waals surface area contributed by atoms with E-state index >= 15 is 0 Å². The number of benzene rings is 4. The number of hydrogen-bond acceptors (Lipinski definition) is 6. The molecule has 4 aromatic rings. The summed E-state index contributed by atoms with van der Waals surface area (Å²) in [6, 6.07) is 30.4. The number of rotatable bonds is 6. The van der Waals surface area contributed by atoms with Crippen LogP contribution in [0.4, 0.5) is 11.4 Å². The maximum absolute atomic E-state index is 14.0. The Bertz CT molecular complexity index is 1830. The van der Waals surface area contributed by atoms with E-state index in [2.05, 4.69) is 0 Å². The average Bonchev–Trinajstić information content (AvgIpc) is 3.55. The highest BCUT2D eigenvalue weighted by Crippen LogP contribution is 2.58. The Morgan fingerprint density at radius 2 is 0.739 bits per heavy atom. The second-order valence-corrected chi connectivity index (χ2v) is 12.2. The van der Waals surface area contributed by atoms with Gasteiger partial charge in [0.05, 0.1) is 35.0 Å². The van der Waals surface area contributed by atoms with Gasteiger partial charge in [-0.3, -0.25) is 28.8 Å². The van der Waals surface area contributed by atoms with Gasteiger partial charge >= 0.3 is 0 Å². The Labute approximate surface area is 263 Å². The van der Waals surface area contributed by atoms with Crippen LogP contribution in [0.3, 0.4) is 0 Å². The van der Waals surface area contributed by atoms with Crippen LogP contribution >= 0.6 is 0 Å². The number of anilines is 2. The van der Waals surface area contributed by atoms with Crippen LogP contribution in [0.15, 0.2) is 121 Å². The standard InChI is InChI=1S/C38H26N2O6/c41-33(21-9-3-1-4-10-21)23-13-7-15-25(19-23)39-35(43)29-27-17-18-28(30(29)36(39)44)32-31(27)37(45)40(38(32)46)26-16-8-14-24(20-26)34(42)22-11-5-2-6-12-22/h1-20,27-32H/t27?,28?,29-,30+,31-,32+. The summed E-state index contributed by atoms with van der Waals surface area (Å²) in [5.41, 5.74) is 2.22. The van der Waals surface area contributed by atoms with Crippen LogP contribution in [0.2, 0.25) is 0 Å². The van der Waals surface area contributed by atoms with Gasteiger partial charge in [0.2, 0.25) is 23.6 Å². The molecule has 2 bridgehead atoms. The molecule has 8 nitrogen and oxygen atoms in total. The number of carbonyl (C=O) groups excluding carboxylic acids is 6. The van der Waals surface area contributed by atoms with Gasteiger partial charge in [0.25, 0.3) is 0 Å². The first-order chi connectivity index (χ1) is 22.3. The molecule has 2 aliphatic heterocycles. The molecule has 0 aromatic heterocycles. The van der Waals surface area contributed by atoms with Gasteiger partial charge < -0.3 is 0 Å². The summed E-state index contributed by atoms with van der Waals surface area (Å²) in [5, 5.41) is 0. The molecular formula is C38H26N2O6. The molecule has 5 aliphatic rings. The van der Waals surface area contributed by atoms with Crippen molar-refractivity contribution in [2.45, 2.75) is 0 Å². The van der Waals surface area contributed by atoms with Crippen molar-refractivity contribution in [2.75, 3.05) is 9.80 Å². The Balaban J connectivity index is 1.10. The van der Waals surface area contributed by atoms with Crippen LogP contribution in [-0.2, 0) is 19.2 Å². The van der Waals surface area contributed by atoms with Crippen LogP contribution < -0.4 is 9.80 Å². The van der Waals surface area contributed by atoms with Crippen molar-refractivity contribution < 1.29 is 28.8 Å². The predicted molar refractivity (Wildman–Crippen MR) is 168 cm³/mol. The maximum Gasteiger partial charge on any atom is 0.238 e. The molecule has 46 heavy (non-hydrogen) atoms. The van der Waals surface area contributed by atoms with E-state index in [1.54, 1.807) is 109 Å². The average molecular weight is 607 g/mol. The summed E-state index contributed by atoms with van der Waals surface area (Å²) in [6.45, 7) is 0. The number of imide groups is 2. The summed E-state index contributed by atoms with van der Waals surface area (Å²) in [7, 11) is 0. The summed E-state index contributed by atoms with van der Waals surface area (Å²) in [5.74, 6) is -6.74. The molecular weight excluding hydrogens is 580 g/mol. The van der Waals surface area contributed by atoms with Crippen LogP contribution in [0.5, 0.6) is 0 Å². The fourth-order valence-electron chi connectivity index (χ4n) is 7.82. The number of nitrogens with zero attached hydrogens (tertiary/aromatic N) is 2. The highest BCUT2D eigenvalue weighted by Gasteiger charge is 2.68. The first-order valence-corrected chi connectivity index (χ1v) is 15.2. The molecule has 9 rings (SSSR count). The smallest absolute Gasteiger partial charge is 0.238 e. The second kappa shape index (κ2) is 10.4. The monoisotopic (exact) mass is 606 g/mol. The van der Waals surface area contributed by atoms with Gasteiger partial charge in [0, 0.05) is 34.1 Å². The van der Waals surface area contributed by atoms with Crippen molar-refractivity contribution in [1.29, 1.82) is 0 Å². The lowest BCUT2D eigenvalue weighted by molar-refractivity contribution is -0.137. The molecule has 8 heteroatoms. The molecule has 224 valence electrons. The van der Waals surface area contributed by atoms with Crippen LogP contribution in [-0.4, -0.2) is 35.2 Å². The third kappa shape index (κ3) is 3.99. The van der Waals surface area contributed by atoms with Gasteiger partial charge in [-0.2, -0.15) is 0 Å². The molecule has 3 fully saturated rings. The molecule has 4 amide bonds. The predicted octanol–water partition coefficient (Wildman–Crippen LogP) is 4.88. The first kappa shape index (κ1) is 27.8. The number of ketones is 2. The quantitative estimate of drug-likeness (QED) is 0.176. The fourth-order valence-corrected chi connectivity index (χ4v) is 7.82. The summed E-state index contributed by atoms with van der Waals surface area (Å²) in [4.78, 5) is 84.6. The van der Waals surface area contributed by atoms with Gasteiger partial charge in [0.15, 0.2) is 11.6 Å². The van der Waals surface area contributed by atoms with E-state index in [4.69, 9.17) is 0 Å². The third-order valence-corrected chi connectivity index (χ3v) is 9.82. The van der Waals surface area contributed by atoms with E-state index in [1.165, 1.54) is 0 Å². The zero-order chi connectivity index (χ0) is 31.7. The topological polar surface area (TPSA) is 109 Å². The van der Waals surface area contributed by atoms with Crippen LogP contribution in [0, 0.1) is 35.5 Å². The number of amides is 4. The molecule has 0 spiro atoms. The van der Waals surface area contributed by atoms with Gasteiger partial charge in [-0.05, 0) is 24.3 Å². The van der Waals surface area contributed by atoms with Crippen molar-refractivity contribution in [3.63, 3.8) is 0 Å². The maximum atomic E-state index is 14.0. The molecule has 0 unspecified atom stereocenters. The van der Waals surface area contributed by atoms with Gasteiger partial charge in [-0.25, -0.2) is 9.80 Å². The van der Waals surface area contributed by atoms with Crippen molar-refractivity contribution in [2.24, 2.45) is 35.5 Å². The van der Waals surface area contributed by atoms with Crippen molar-refractivity contribution >= 4 is 46.6 Å². The Morgan fingerprint density at radius 3 is 1.09 bits per heavy atom. The van der Waals surface area contributed by atoms with Crippen molar-refractivity contribution in [3.05, 3.63) is 144 Å². The van der Waals surface area contributed by atoms with Crippen LogP contribution in [0.25, 0.3) is 0 Å². The third-order valence-electron chi connectivity index (χ3n) is 9.82. The van der Waals surface area contributed by atoms with Crippen molar-refractivity contribution in [1.82, 2.24) is 0 Å². The zero-order valence-electron chi connectivity index (χ0n) is 24.4. The molecule has 4 atom stereocenters. The largest absolute Gasteiger partial charge is 0.289 e. The number of carbonyl (C=O) groups is 6. The summed E-state index contributed by atoms with van der Waals surface area (Å²) >= 11 is 0. The molecule has 2 heterocycles. The summed E-state index contributed by atoms with van der Waals surface area (Å²) in [6.07, 6.45) is 3.61. The lowest BCUT2D eigenvalue weighted by Crippen LogP contribution is -2.50. The molecule has 4 aromatic carbocycles. The molecule has 3 aliphatic carbocycles. The molecule has 1 saturated carbocycles. The molecule has 0 radical (unpaired) electrons. The SMILES string of the molecule is O=C(c1ccccc1)c1cccc(N2C(=O)[C@@H]3C4C=CC([C@@H]3C2=O)[C@@H]2C(=O)N(c3cccc(C(=O)c5ccccc5)c3)C(=O)[C@H]42)c1. The van der Waals surface area contributed by atoms with Gasteiger partial charge in [0.1, 0.15) is 0 Å². The lowest BCUT2D eigenvalue weighted by atomic mass is 9.54. The highest BCUT2D eigenvalue weighted by atomic mass is 16.2. The van der Waals surface area contributed by atoms with E-state index in [0.29, 0.717) is 22.3 Å². The number of hydrogen-bond donors (Lipinski definition) is 0. The van der Waals surface area contributed by atoms with E-state index in [1.807, 2.05) is 12.1 Å². The minimum Gasteiger partial charge on any atom is -0.289 e. The Morgan fingerprint density at radius 1 is 0.413 bits per heavy atom. The van der Waals surface area contributed by atoms with E-state index in [0.717, 1.165) is 9.80 Å². The number of allylic oxidation sites excluding steroid dienone is 2.